The Morgan fingerprint density at radius 2 is 2.24 bits per heavy atom. The zero-order valence-electron chi connectivity index (χ0n) is 9.30. The predicted octanol–water partition coefficient (Wildman–Crippen LogP) is 3.98. The summed E-state index contributed by atoms with van der Waals surface area (Å²) in [7, 11) is 0. The van der Waals surface area contributed by atoms with E-state index in [1.165, 1.54) is 5.56 Å². The van der Waals surface area contributed by atoms with Gasteiger partial charge in [0.15, 0.2) is 0 Å². The van der Waals surface area contributed by atoms with Gasteiger partial charge in [0.1, 0.15) is 5.75 Å². The first-order valence-corrected chi connectivity index (χ1v) is 7.15. The molecule has 0 aliphatic carbocycles. The van der Waals surface area contributed by atoms with Crippen LogP contribution < -0.4 is 10.5 Å². The Kier molecular flexibility index (Phi) is 4.59. The first kappa shape index (κ1) is 12.6. The maximum absolute atomic E-state index is 6.05. The lowest BCUT2D eigenvalue weighted by atomic mass is 10.1. The molecule has 1 aromatic carbocycles. The van der Waals surface area contributed by atoms with Crippen molar-refractivity contribution in [1.29, 1.82) is 0 Å². The summed E-state index contributed by atoms with van der Waals surface area (Å²) in [5.74, 6) is 0.872. The van der Waals surface area contributed by atoms with E-state index in [1.54, 1.807) is 11.3 Å². The van der Waals surface area contributed by atoms with Gasteiger partial charge in [0.05, 0.1) is 6.61 Å². The average molecular weight is 312 g/mol. The summed E-state index contributed by atoms with van der Waals surface area (Å²) < 4.78 is 6.67. The van der Waals surface area contributed by atoms with Crippen LogP contribution in [0.5, 0.6) is 5.75 Å². The molecule has 0 fully saturated rings. The Balaban J connectivity index is 1.80. The average Bonchev–Trinajstić information content (AvgIpc) is 2.82. The van der Waals surface area contributed by atoms with Crippen molar-refractivity contribution in [2.24, 2.45) is 5.73 Å². The molecule has 1 atom stereocenters. The van der Waals surface area contributed by atoms with Crippen molar-refractivity contribution in [2.75, 3.05) is 6.61 Å². The van der Waals surface area contributed by atoms with E-state index in [0.29, 0.717) is 6.61 Å². The summed E-state index contributed by atoms with van der Waals surface area (Å²) in [5, 5.41) is 4.13. The molecule has 0 saturated carbocycles. The van der Waals surface area contributed by atoms with Crippen molar-refractivity contribution in [2.45, 2.75) is 12.5 Å². The van der Waals surface area contributed by atoms with Crippen molar-refractivity contribution in [1.82, 2.24) is 0 Å². The maximum Gasteiger partial charge on any atom is 0.120 e. The molecule has 2 aromatic rings. The molecule has 2 nitrogen and oxygen atoms in total. The lowest BCUT2D eigenvalue weighted by Gasteiger charge is -2.11. The van der Waals surface area contributed by atoms with Gasteiger partial charge in [0, 0.05) is 16.9 Å². The third-order valence-corrected chi connectivity index (χ3v) is 3.66. The highest BCUT2D eigenvalue weighted by Crippen LogP contribution is 2.20. The molecule has 0 aliphatic heterocycles. The van der Waals surface area contributed by atoms with Crippen LogP contribution in [0.4, 0.5) is 0 Å². The van der Waals surface area contributed by atoms with E-state index in [4.69, 9.17) is 10.5 Å². The Hall–Kier alpha value is -0.840. The van der Waals surface area contributed by atoms with E-state index >= 15 is 0 Å². The summed E-state index contributed by atoms with van der Waals surface area (Å²) in [6, 6.07) is 9.96. The van der Waals surface area contributed by atoms with Crippen molar-refractivity contribution < 1.29 is 4.74 Å². The third kappa shape index (κ3) is 3.84. The van der Waals surface area contributed by atoms with Crippen molar-refractivity contribution in [3.05, 3.63) is 51.1 Å². The van der Waals surface area contributed by atoms with Crippen LogP contribution in [0.25, 0.3) is 0 Å². The summed E-state index contributed by atoms with van der Waals surface area (Å²) in [6.07, 6.45) is 0.823. The van der Waals surface area contributed by atoms with E-state index in [-0.39, 0.29) is 6.04 Å². The number of hydrogen-bond donors (Lipinski definition) is 1. The highest BCUT2D eigenvalue weighted by atomic mass is 79.9. The molecule has 90 valence electrons. The van der Waals surface area contributed by atoms with E-state index in [1.807, 2.05) is 29.6 Å². The van der Waals surface area contributed by atoms with Gasteiger partial charge in [-0.3, -0.25) is 0 Å². The SMILES string of the molecule is NC(CCOc1cccc(Br)c1)c1ccsc1. The van der Waals surface area contributed by atoms with E-state index in [9.17, 15) is 0 Å². The molecule has 0 amide bonds. The second kappa shape index (κ2) is 6.19. The molecule has 1 aromatic heterocycles. The minimum absolute atomic E-state index is 0.0633. The maximum atomic E-state index is 6.05. The summed E-state index contributed by atoms with van der Waals surface area (Å²) >= 11 is 5.08. The highest BCUT2D eigenvalue weighted by Gasteiger charge is 2.06. The topological polar surface area (TPSA) is 35.2 Å². The van der Waals surface area contributed by atoms with Gasteiger partial charge in [-0.25, -0.2) is 0 Å². The van der Waals surface area contributed by atoms with Crippen LogP contribution in [0.15, 0.2) is 45.6 Å². The molecule has 0 radical (unpaired) electrons. The molecule has 0 saturated heterocycles. The number of benzene rings is 1. The molecular weight excluding hydrogens is 298 g/mol. The number of thiophene rings is 1. The second-order valence-corrected chi connectivity index (χ2v) is 5.45. The zero-order chi connectivity index (χ0) is 12.1. The smallest absolute Gasteiger partial charge is 0.120 e. The van der Waals surface area contributed by atoms with Crippen LogP contribution >= 0.6 is 27.3 Å². The fraction of sp³-hybridized carbons (Fsp3) is 0.231. The minimum Gasteiger partial charge on any atom is -0.493 e. The summed E-state index contributed by atoms with van der Waals surface area (Å²) in [5.41, 5.74) is 7.24. The Morgan fingerprint density at radius 3 is 2.94 bits per heavy atom. The normalized spacial score (nSPS) is 12.4. The third-order valence-electron chi connectivity index (χ3n) is 2.47. The van der Waals surface area contributed by atoms with Crippen LogP contribution in [-0.4, -0.2) is 6.61 Å². The van der Waals surface area contributed by atoms with E-state index in [2.05, 4.69) is 27.4 Å². The molecule has 1 heterocycles. The van der Waals surface area contributed by atoms with Crippen LogP contribution in [-0.2, 0) is 0 Å². The number of hydrogen-bond acceptors (Lipinski definition) is 3. The largest absolute Gasteiger partial charge is 0.493 e. The first-order valence-electron chi connectivity index (χ1n) is 5.42. The molecule has 1 unspecified atom stereocenters. The van der Waals surface area contributed by atoms with Crippen molar-refractivity contribution in [3.8, 4) is 5.75 Å². The molecule has 4 heteroatoms. The van der Waals surface area contributed by atoms with Gasteiger partial charge in [-0.15, -0.1) is 0 Å². The van der Waals surface area contributed by atoms with Gasteiger partial charge in [0.25, 0.3) is 0 Å². The van der Waals surface area contributed by atoms with Crippen LogP contribution in [0, 0.1) is 0 Å². The van der Waals surface area contributed by atoms with E-state index < -0.39 is 0 Å². The Bertz CT molecular complexity index is 458. The standard InChI is InChI=1S/C13H14BrNOS/c14-11-2-1-3-12(8-11)16-6-4-13(15)10-5-7-17-9-10/h1-3,5,7-9,13H,4,6,15H2. The van der Waals surface area contributed by atoms with Gasteiger partial charge >= 0.3 is 0 Å². The molecule has 17 heavy (non-hydrogen) atoms. The van der Waals surface area contributed by atoms with Gasteiger partial charge in [-0.05, 0) is 40.6 Å². The van der Waals surface area contributed by atoms with Gasteiger partial charge < -0.3 is 10.5 Å². The Morgan fingerprint density at radius 1 is 1.35 bits per heavy atom. The van der Waals surface area contributed by atoms with Crippen molar-refractivity contribution >= 4 is 27.3 Å². The molecule has 0 spiro atoms. The molecule has 0 bridgehead atoms. The number of halogens is 1. The Labute approximate surface area is 114 Å². The quantitative estimate of drug-likeness (QED) is 0.906. The van der Waals surface area contributed by atoms with Gasteiger partial charge in [-0.1, -0.05) is 22.0 Å². The molecule has 2 rings (SSSR count). The number of rotatable bonds is 5. The number of nitrogens with two attached hydrogens (primary N) is 1. The van der Waals surface area contributed by atoms with Gasteiger partial charge in [0.2, 0.25) is 0 Å². The highest BCUT2D eigenvalue weighted by molar-refractivity contribution is 9.10. The van der Waals surface area contributed by atoms with Crippen LogP contribution in [0.3, 0.4) is 0 Å². The number of ether oxygens (including phenoxy) is 1. The van der Waals surface area contributed by atoms with Crippen molar-refractivity contribution in [3.63, 3.8) is 0 Å². The monoisotopic (exact) mass is 311 g/mol. The fourth-order valence-electron chi connectivity index (χ4n) is 1.51. The van der Waals surface area contributed by atoms with Crippen LogP contribution in [0.1, 0.15) is 18.0 Å². The lowest BCUT2D eigenvalue weighted by molar-refractivity contribution is 0.298. The molecular formula is C13H14BrNOS. The van der Waals surface area contributed by atoms with Crippen LogP contribution in [0.2, 0.25) is 0 Å². The first-order chi connectivity index (χ1) is 8.25. The molecule has 0 aliphatic rings. The fourth-order valence-corrected chi connectivity index (χ4v) is 2.62. The van der Waals surface area contributed by atoms with Gasteiger partial charge in [-0.2, -0.15) is 11.3 Å². The predicted molar refractivity (Wildman–Crippen MR) is 75.5 cm³/mol. The summed E-state index contributed by atoms with van der Waals surface area (Å²) in [4.78, 5) is 0. The summed E-state index contributed by atoms with van der Waals surface area (Å²) in [6.45, 7) is 0.632. The lowest BCUT2D eigenvalue weighted by Crippen LogP contribution is -2.13. The zero-order valence-corrected chi connectivity index (χ0v) is 11.7. The molecule has 2 N–H and O–H groups in total. The second-order valence-electron chi connectivity index (χ2n) is 3.76. The van der Waals surface area contributed by atoms with E-state index in [0.717, 1.165) is 16.6 Å². The minimum atomic E-state index is 0.0633.